The summed E-state index contributed by atoms with van der Waals surface area (Å²) < 4.78 is 14.3. The first-order chi connectivity index (χ1) is 16.5. The molecule has 0 radical (unpaired) electrons. The number of anilines is 1. The van der Waals surface area contributed by atoms with Crippen LogP contribution in [0.4, 0.5) is 10.1 Å². The van der Waals surface area contributed by atoms with E-state index in [2.05, 4.69) is 0 Å². The summed E-state index contributed by atoms with van der Waals surface area (Å²) >= 11 is 7.38. The fraction of sp³-hybridized carbons (Fsp3) is 0.185. The monoisotopic (exact) mass is 492 g/mol. The van der Waals surface area contributed by atoms with Gasteiger partial charge in [0.1, 0.15) is 11.5 Å². The molecule has 0 atom stereocenters. The van der Waals surface area contributed by atoms with Crippen molar-refractivity contribution in [2.24, 2.45) is 0 Å². The number of fused-ring (bicyclic) bond motifs is 1. The van der Waals surface area contributed by atoms with Crippen LogP contribution >= 0.6 is 23.4 Å². The number of allylic oxidation sites excluding steroid dienone is 2. The van der Waals surface area contributed by atoms with Crippen molar-refractivity contribution in [3.63, 3.8) is 0 Å². The number of Topliss-reactive ketones (excluding diaryl/α,β-unsaturated/α-hetero) is 2. The van der Waals surface area contributed by atoms with Gasteiger partial charge in [-0.1, -0.05) is 60.1 Å². The fourth-order valence-electron chi connectivity index (χ4n) is 4.38. The second-order valence-corrected chi connectivity index (χ2v) is 9.64. The quantitative estimate of drug-likeness (QED) is 0.448. The predicted octanol–water partition coefficient (Wildman–Crippen LogP) is 5.83. The molecule has 0 saturated carbocycles. The largest absolute Gasteiger partial charge is 0.366 e. The van der Waals surface area contributed by atoms with Crippen LogP contribution in [0.1, 0.15) is 26.3 Å². The lowest BCUT2D eigenvalue weighted by Gasteiger charge is -2.39. The highest BCUT2D eigenvalue weighted by atomic mass is 35.5. The Kier molecular flexibility index (Phi) is 6.44. The summed E-state index contributed by atoms with van der Waals surface area (Å²) in [5, 5.41) is 0.652. The van der Waals surface area contributed by atoms with Crippen molar-refractivity contribution in [2.75, 3.05) is 31.1 Å². The van der Waals surface area contributed by atoms with E-state index in [1.54, 1.807) is 36.4 Å². The van der Waals surface area contributed by atoms with Crippen LogP contribution in [-0.4, -0.2) is 42.6 Å². The lowest BCUT2D eigenvalue weighted by atomic mass is 9.91. The third-order valence-corrected chi connectivity index (χ3v) is 7.54. The summed E-state index contributed by atoms with van der Waals surface area (Å²) in [6, 6.07) is 21.2. The van der Waals surface area contributed by atoms with Gasteiger partial charge in [-0.3, -0.25) is 9.59 Å². The standard InChI is InChI=1S/C27H22ClFN2O2S/c28-19-11-9-18(10-12-19)17-34-27-24(25(32)20-5-1-2-6-21(20)26(27)33)31-15-13-30(14-16-31)23-8-4-3-7-22(23)29/h1-12H,13-17H2. The zero-order chi connectivity index (χ0) is 23.7. The number of piperazine rings is 1. The average molecular weight is 493 g/mol. The molecule has 7 heteroatoms. The molecular formula is C27H22ClFN2O2S. The number of para-hydroxylation sites is 1. The number of hydrogen-bond acceptors (Lipinski definition) is 5. The number of nitrogens with zero attached hydrogens (tertiary/aromatic N) is 2. The first-order valence-electron chi connectivity index (χ1n) is 11.1. The first kappa shape index (κ1) is 22.7. The van der Waals surface area contributed by atoms with Gasteiger partial charge in [0, 0.05) is 48.1 Å². The van der Waals surface area contributed by atoms with E-state index in [-0.39, 0.29) is 17.4 Å². The molecule has 172 valence electrons. The second-order valence-electron chi connectivity index (χ2n) is 8.22. The molecule has 0 amide bonds. The Morgan fingerprint density at radius 3 is 2.03 bits per heavy atom. The van der Waals surface area contributed by atoms with Gasteiger partial charge < -0.3 is 9.80 Å². The summed E-state index contributed by atoms with van der Waals surface area (Å²) in [4.78, 5) is 31.5. The molecule has 1 saturated heterocycles. The van der Waals surface area contributed by atoms with E-state index in [9.17, 15) is 14.0 Å². The van der Waals surface area contributed by atoms with Crippen molar-refractivity contribution in [1.82, 2.24) is 4.90 Å². The van der Waals surface area contributed by atoms with Crippen LogP contribution in [0, 0.1) is 5.82 Å². The van der Waals surface area contributed by atoms with E-state index in [1.807, 2.05) is 40.1 Å². The summed E-state index contributed by atoms with van der Waals surface area (Å²) in [7, 11) is 0. The highest BCUT2D eigenvalue weighted by Crippen LogP contribution is 2.37. The number of carbonyl (C=O) groups excluding carboxylic acids is 2. The highest BCUT2D eigenvalue weighted by molar-refractivity contribution is 8.03. The van der Waals surface area contributed by atoms with E-state index in [4.69, 9.17) is 11.6 Å². The fourth-order valence-corrected chi connectivity index (χ4v) is 5.61. The molecule has 0 unspecified atom stereocenters. The number of thioether (sulfide) groups is 1. The van der Waals surface area contributed by atoms with Gasteiger partial charge in [-0.15, -0.1) is 11.8 Å². The van der Waals surface area contributed by atoms with E-state index < -0.39 is 0 Å². The van der Waals surface area contributed by atoms with Crippen LogP contribution < -0.4 is 4.90 Å². The zero-order valence-electron chi connectivity index (χ0n) is 18.3. The van der Waals surface area contributed by atoms with Crippen LogP contribution in [0.2, 0.25) is 5.02 Å². The lowest BCUT2D eigenvalue weighted by Crippen LogP contribution is -2.48. The van der Waals surface area contributed by atoms with Crippen molar-refractivity contribution in [2.45, 2.75) is 5.75 Å². The molecule has 5 rings (SSSR count). The Morgan fingerprint density at radius 2 is 1.35 bits per heavy atom. The number of halogens is 2. The van der Waals surface area contributed by atoms with E-state index >= 15 is 0 Å². The molecule has 1 aliphatic carbocycles. The minimum absolute atomic E-state index is 0.124. The van der Waals surface area contributed by atoms with Gasteiger partial charge in [0.2, 0.25) is 11.6 Å². The molecule has 0 aromatic heterocycles. The Hall–Kier alpha value is -3.09. The van der Waals surface area contributed by atoms with Crippen molar-refractivity contribution >= 4 is 40.6 Å². The maximum atomic E-state index is 14.3. The molecule has 0 bridgehead atoms. The molecule has 1 fully saturated rings. The summed E-state index contributed by atoms with van der Waals surface area (Å²) in [6.45, 7) is 2.16. The first-order valence-corrected chi connectivity index (χ1v) is 12.4. The minimum atomic E-state index is -0.257. The van der Waals surface area contributed by atoms with E-state index in [0.29, 0.717) is 64.4 Å². The molecule has 3 aromatic rings. The number of benzene rings is 3. The van der Waals surface area contributed by atoms with E-state index in [1.165, 1.54) is 17.8 Å². The maximum Gasteiger partial charge on any atom is 0.211 e. The van der Waals surface area contributed by atoms with Crippen LogP contribution in [0.15, 0.2) is 83.4 Å². The van der Waals surface area contributed by atoms with E-state index in [0.717, 1.165) is 5.56 Å². The SMILES string of the molecule is O=C1C(SCc2ccc(Cl)cc2)=C(N2CCN(c3ccccc3F)CC2)C(=O)c2ccccc21. The topological polar surface area (TPSA) is 40.6 Å². The van der Waals surface area contributed by atoms with Gasteiger partial charge in [-0.25, -0.2) is 4.39 Å². The third kappa shape index (κ3) is 4.36. The smallest absolute Gasteiger partial charge is 0.211 e. The highest BCUT2D eigenvalue weighted by Gasteiger charge is 2.36. The Labute approximate surface area is 207 Å². The van der Waals surface area contributed by atoms with Crippen molar-refractivity contribution in [3.05, 3.63) is 111 Å². The Morgan fingerprint density at radius 1 is 0.765 bits per heavy atom. The number of hydrogen-bond donors (Lipinski definition) is 0. The van der Waals surface area contributed by atoms with Crippen LogP contribution in [-0.2, 0) is 5.75 Å². The molecule has 34 heavy (non-hydrogen) atoms. The maximum absolute atomic E-state index is 14.3. The van der Waals surface area contributed by atoms with Gasteiger partial charge >= 0.3 is 0 Å². The van der Waals surface area contributed by atoms with Gasteiger partial charge in [0.05, 0.1) is 10.6 Å². The normalized spacial score (nSPS) is 16.2. The minimum Gasteiger partial charge on any atom is -0.366 e. The molecule has 0 spiro atoms. The van der Waals surface area contributed by atoms with Crippen molar-refractivity contribution < 1.29 is 14.0 Å². The lowest BCUT2D eigenvalue weighted by molar-refractivity contribution is 0.0945. The third-order valence-electron chi connectivity index (χ3n) is 6.14. The molecule has 0 N–H and O–H groups in total. The summed E-state index contributed by atoms with van der Waals surface area (Å²) in [5.41, 5.74) is 2.92. The van der Waals surface area contributed by atoms with Gasteiger partial charge in [0.25, 0.3) is 0 Å². The van der Waals surface area contributed by atoms with Crippen molar-refractivity contribution in [3.8, 4) is 0 Å². The summed E-state index contributed by atoms with van der Waals surface area (Å²) in [5.74, 6) is 0.0351. The van der Waals surface area contributed by atoms with Crippen LogP contribution in [0.25, 0.3) is 0 Å². The molecule has 1 heterocycles. The average Bonchev–Trinajstić information content (AvgIpc) is 2.87. The molecule has 2 aliphatic rings. The molecule has 4 nitrogen and oxygen atoms in total. The van der Waals surface area contributed by atoms with Gasteiger partial charge in [-0.05, 0) is 29.8 Å². The number of rotatable bonds is 5. The zero-order valence-corrected chi connectivity index (χ0v) is 19.9. The molecular weight excluding hydrogens is 471 g/mol. The van der Waals surface area contributed by atoms with Crippen LogP contribution in [0.3, 0.4) is 0 Å². The number of carbonyl (C=O) groups is 2. The Balaban J connectivity index is 1.44. The second kappa shape index (κ2) is 9.65. The molecule has 1 aliphatic heterocycles. The van der Waals surface area contributed by atoms with Crippen molar-refractivity contribution in [1.29, 1.82) is 0 Å². The van der Waals surface area contributed by atoms with Crippen LogP contribution in [0.5, 0.6) is 0 Å². The Bertz CT molecular complexity index is 1280. The van der Waals surface area contributed by atoms with Gasteiger partial charge in [-0.2, -0.15) is 0 Å². The summed E-state index contributed by atoms with van der Waals surface area (Å²) in [6.07, 6.45) is 0. The van der Waals surface area contributed by atoms with Gasteiger partial charge in [0.15, 0.2) is 0 Å². The predicted molar refractivity (Wildman–Crippen MR) is 135 cm³/mol. The molecule has 3 aromatic carbocycles. The number of ketones is 2.